The van der Waals surface area contributed by atoms with E-state index in [1.165, 1.54) is 18.3 Å². The van der Waals surface area contributed by atoms with Crippen LogP contribution in [0.5, 0.6) is 0 Å². The first-order valence-corrected chi connectivity index (χ1v) is 6.08. The van der Waals surface area contributed by atoms with Gasteiger partial charge in [-0.2, -0.15) is 26.3 Å². The number of carbonyl (C=O) groups excluding carboxylic acids is 1. The molecule has 1 aromatic carbocycles. The first-order chi connectivity index (χ1) is 10.6. The van der Waals surface area contributed by atoms with Crippen molar-refractivity contribution in [2.75, 3.05) is 5.32 Å². The SMILES string of the molecule is O=C(Nc1cc(C(F)(F)F)cc(C(F)(F)F)c1)c1cccnc1. The molecule has 0 radical (unpaired) electrons. The predicted octanol–water partition coefficient (Wildman–Crippen LogP) is 4.37. The summed E-state index contributed by atoms with van der Waals surface area (Å²) in [5.74, 6) is -0.870. The molecule has 1 amide bonds. The molecule has 0 aliphatic heterocycles. The molecule has 2 rings (SSSR count). The number of pyridine rings is 1. The first kappa shape index (κ1) is 16.8. The number of rotatable bonds is 2. The van der Waals surface area contributed by atoms with Gasteiger partial charge >= 0.3 is 12.4 Å². The minimum absolute atomic E-state index is 0.00142. The Morgan fingerprint density at radius 1 is 0.957 bits per heavy atom. The van der Waals surface area contributed by atoms with Crippen LogP contribution in [-0.4, -0.2) is 10.9 Å². The summed E-state index contributed by atoms with van der Waals surface area (Å²) in [7, 11) is 0. The second kappa shape index (κ2) is 5.90. The van der Waals surface area contributed by atoms with Crippen molar-refractivity contribution in [3.05, 3.63) is 59.4 Å². The minimum Gasteiger partial charge on any atom is -0.322 e. The second-order valence-electron chi connectivity index (χ2n) is 4.49. The Kier molecular flexibility index (Phi) is 4.31. The summed E-state index contributed by atoms with van der Waals surface area (Å²) in [6.45, 7) is 0. The summed E-state index contributed by atoms with van der Waals surface area (Å²) < 4.78 is 76.2. The number of nitrogens with one attached hydrogen (secondary N) is 1. The molecule has 1 aromatic heterocycles. The van der Waals surface area contributed by atoms with E-state index < -0.39 is 35.1 Å². The van der Waals surface area contributed by atoms with Gasteiger partial charge in [-0.3, -0.25) is 9.78 Å². The van der Waals surface area contributed by atoms with Crippen molar-refractivity contribution in [1.29, 1.82) is 0 Å². The van der Waals surface area contributed by atoms with E-state index in [0.717, 1.165) is 6.20 Å². The van der Waals surface area contributed by atoms with Gasteiger partial charge in [0.05, 0.1) is 16.7 Å². The number of amides is 1. The van der Waals surface area contributed by atoms with Crippen LogP contribution in [0.15, 0.2) is 42.7 Å². The third-order valence-corrected chi connectivity index (χ3v) is 2.77. The van der Waals surface area contributed by atoms with Gasteiger partial charge in [0, 0.05) is 18.1 Å². The van der Waals surface area contributed by atoms with Gasteiger partial charge in [-0.05, 0) is 30.3 Å². The zero-order chi connectivity index (χ0) is 17.3. The molecule has 2 aromatic rings. The molecule has 0 saturated carbocycles. The average Bonchev–Trinajstić information content (AvgIpc) is 2.46. The average molecular weight is 334 g/mol. The third kappa shape index (κ3) is 4.21. The third-order valence-electron chi connectivity index (χ3n) is 2.77. The van der Waals surface area contributed by atoms with Crippen molar-refractivity contribution < 1.29 is 31.1 Å². The van der Waals surface area contributed by atoms with Crippen LogP contribution >= 0.6 is 0 Å². The maximum Gasteiger partial charge on any atom is 0.416 e. The monoisotopic (exact) mass is 334 g/mol. The first-order valence-electron chi connectivity index (χ1n) is 6.08. The Bertz CT molecular complexity index is 677. The van der Waals surface area contributed by atoms with E-state index in [1.807, 2.05) is 5.32 Å². The number of carbonyl (C=O) groups is 1. The van der Waals surface area contributed by atoms with Crippen LogP contribution in [0.2, 0.25) is 0 Å². The van der Waals surface area contributed by atoms with Crippen LogP contribution in [0, 0.1) is 0 Å². The van der Waals surface area contributed by atoms with E-state index >= 15 is 0 Å². The number of hydrogen-bond donors (Lipinski definition) is 1. The number of nitrogens with zero attached hydrogens (tertiary/aromatic N) is 1. The number of aromatic nitrogens is 1. The molecule has 9 heteroatoms. The van der Waals surface area contributed by atoms with E-state index in [2.05, 4.69) is 4.98 Å². The normalized spacial score (nSPS) is 12.1. The molecule has 0 bridgehead atoms. The largest absolute Gasteiger partial charge is 0.416 e. The summed E-state index contributed by atoms with van der Waals surface area (Å²) in [6, 6.07) is 3.58. The maximum absolute atomic E-state index is 12.7. The highest BCUT2D eigenvalue weighted by atomic mass is 19.4. The smallest absolute Gasteiger partial charge is 0.322 e. The van der Waals surface area contributed by atoms with Gasteiger partial charge in [-0.15, -0.1) is 0 Å². The molecular weight excluding hydrogens is 326 g/mol. The zero-order valence-corrected chi connectivity index (χ0v) is 11.2. The molecule has 0 aliphatic rings. The van der Waals surface area contributed by atoms with Crippen molar-refractivity contribution in [3.63, 3.8) is 0 Å². The van der Waals surface area contributed by atoms with Crippen molar-refractivity contribution in [2.45, 2.75) is 12.4 Å². The molecule has 0 unspecified atom stereocenters. The molecule has 122 valence electrons. The molecule has 23 heavy (non-hydrogen) atoms. The van der Waals surface area contributed by atoms with Crippen molar-refractivity contribution >= 4 is 11.6 Å². The van der Waals surface area contributed by atoms with Gasteiger partial charge < -0.3 is 5.32 Å². The van der Waals surface area contributed by atoms with Crippen molar-refractivity contribution in [2.24, 2.45) is 0 Å². The van der Waals surface area contributed by atoms with Gasteiger partial charge in [0.15, 0.2) is 0 Å². The Balaban J connectivity index is 2.40. The summed E-state index contributed by atoms with van der Waals surface area (Å²) in [6.07, 6.45) is -7.46. The number of alkyl halides is 6. The van der Waals surface area contributed by atoms with Gasteiger partial charge in [0.25, 0.3) is 5.91 Å². The molecule has 0 spiro atoms. The van der Waals surface area contributed by atoms with Gasteiger partial charge in [0.2, 0.25) is 0 Å². The van der Waals surface area contributed by atoms with Crippen LogP contribution in [0.3, 0.4) is 0 Å². The molecule has 0 fully saturated rings. The lowest BCUT2D eigenvalue weighted by atomic mass is 10.1. The minimum atomic E-state index is -4.98. The van der Waals surface area contributed by atoms with Gasteiger partial charge in [0.1, 0.15) is 0 Å². The molecular formula is C14H8F6N2O. The summed E-state index contributed by atoms with van der Waals surface area (Å²) in [4.78, 5) is 15.5. The van der Waals surface area contributed by atoms with E-state index in [1.54, 1.807) is 0 Å². The van der Waals surface area contributed by atoms with E-state index in [9.17, 15) is 31.1 Å². The Hall–Kier alpha value is -2.58. The van der Waals surface area contributed by atoms with Crippen molar-refractivity contribution in [1.82, 2.24) is 4.98 Å². The molecule has 3 nitrogen and oxygen atoms in total. The highest BCUT2D eigenvalue weighted by molar-refractivity contribution is 6.04. The predicted molar refractivity (Wildman–Crippen MR) is 68.6 cm³/mol. The summed E-state index contributed by atoms with van der Waals surface area (Å²) in [5.41, 5.74) is -3.62. The van der Waals surface area contributed by atoms with Gasteiger partial charge in [-0.1, -0.05) is 0 Å². The van der Waals surface area contributed by atoms with Gasteiger partial charge in [-0.25, -0.2) is 0 Å². The fraction of sp³-hybridized carbons (Fsp3) is 0.143. The Morgan fingerprint density at radius 3 is 1.96 bits per heavy atom. The standard InChI is InChI=1S/C14H8F6N2O/c15-13(16,17)9-4-10(14(18,19)20)6-11(5-9)22-12(23)8-2-1-3-21-7-8/h1-7H,(H,22,23). The summed E-state index contributed by atoms with van der Waals surface area (Å²) in [5, 5.41) is 2.00. The molecule has 0 aliphatic carbocycles. The summed E-state index contributed by atoms with van der Waals surface area (Å²) >= 11 is 0. The van der Waals surface area contributed by atoms with Crippen LogP contribution in [0.4, 0.5) is 32.0 Å². The van der Waals surface area contributed by atoms with Crippen LogP contribution in [-0.2, 0) is 12.4 Å². The Morgan fingerprint density at radius 2 is 1.52 bits per heavy atom. The molecule has 1 N–H and O–H groups in total. The van der Waals surface area contributed by atoms with Crippen LogP contribution in [0.25, 0.3) is 0 Å². The number of hydrogen-bond acceptors (Lipinski definition) is 2. The number of anilines is 1. The molecule has 0 saturated heterocycles. The highest BCUT2D eigenvalue weighted by Crippen LogP contribution is 2.37. The lowest BCUT2D eigenvalue weighted by Gasteiger charge is -2.14. The lowest BCUT2D eigenvalue weighted by Crippen LogP contribution is -2.16. The van der Waals surface area contributed by atoms with Crippen LogP contribution < -0.4 is 5.32 Å². The fourth-order valence-electron chi connectivity index (χ4n) is 1.73. The molecule has 1 heterocycles. The number of benzene rings is 1. The number of halogens is 6. The fourth-order valence-corrected chi connectivity index (χ4v) is 1.73. The van der Waals surface area contributed by atoms with Crippen molar-refractivity contribution in [3.8, 4) is 0 Å². The highest BCUT2D eigenvalue weighted by Gasteiger charge is 2.37. The van der Waals surface area contributed by atoms with E-state index in [-0.39, 0.29) is 11.6 Å². The quantitative estimate of drug-likeness (QED) is 0.829. The lowest BCUT2D eigenvalue weighted by molar-refractivity contribution is -0.143. The van der Waals surface area contributed by atoms with E-state index in [4.69, 9.17) is 0 Å². The topological polar surface area (TPSA) is 42.0 Å². The maximum atomic E-state index is 12.7. The van der Waals surface area contributed by atoms with Crippen LogP contribution in [0.1, 0.15) is 21.5 Å². The Labute approximate surface area is 126 Å². The zero-order valence-electron chi connectivity index (χ0n) is 11.2. The second-order valence-corrected chi connectivity index (χ2v) is 4.49. The van der Waals surface area contributed by atoms with E-state index in [0.29, 0.717) is 12.1 Å². The molecule has 0 atom stereocenters.